The molecule has 3 amide bonds. The summed E-state index contributed by atoms with van der Waals surface area (Å²) in [7, 11) is 0. The lowest BCUT2D eigenvalue weighted by Gasteiger charge is -2.33. The van der Waals surface area contributed by atoms with E-state index in [4.69, 9.17) is 0 Å². The molecule has 2 aliphatic rings. The standard InChI is InChI=1S/C17H23N3O2/c1-14-2-4-15(5-3-14)17(6-7-17)12-18-16(22)20-10-8-19(13-21)9-11-20/h2-5,13H,6-12H2,1H3,(H,18,22). The summed E-state index contributed by atoms with van der Waals surface area (Å²) in [5, 5.41) is 3.08. The van der Waals surface area contributed by atoms with Gasteiger partial charge < -0.3 is 15.1 Å². The van der Waals surface area contributed by atoms with Crippen molar-refractivity contribution in [3.05, 3.63) is 35.4 Å². The maximum absolute atomic E-state index is 12.3. The Morgan fingerprint density at radius 1 is 1.18 bits per heavy atom. The summed E-state index contributed by atoms with van der Waals surface area (Å²) in [4.78, 5) is 26.5. The fourth-order valence-corrected chi connectivity index (χ4v) is 3.01. The van der Waals surface area contributed by atoms with Crippen LogP contribution in [0.15, 0.2) is 24.3 Å². The number of piperazine rings is 1. The maximum Gasteiger partial charge on any atom is 0.317 e. The highest BCUT2D eigenvalue weighted by molar-refractivity contribution is 5.74. The predicted molar refractivity (Wildman–Crippen MR) is 84.7 cm³/mol. The number of nitrogens with zero attached hydrogens (tertiary/aromatic N) is 2. The molecule has 1 aromatic carbocycles. The summed E-state index contributed by atoms with van der Waals surface area (Å²) in [6.45, 7) is 5.26. The molecular weight excluding hydrogens is 278 g/mol. The first kappa shape index (κ1) is 14.9. The second-order valence-corrected chi connectivity index (χ2v) is 6.43. The third-order valence-electron chi connectivity index (χ3n) is 4.85. The third-order valence-corrected chi connectivity index (χ3v) is 4.85. The fraction of sp³-hybridized carbons (Fsp3) is 0.529. The van der Waals surface area contributed by atoms with Crippen molar-refractivity contribution >= 4 is 12.4 Å². The smallest absolute Gasteiger partial charge is 0.317 e. The molecule has 2 fully saturated rings. The van der Waals surface area contributed by atoms with Crippen molar-refractivity contribution in [1.82, 2.24) is 15.1 Å². The number of carbonyl (C=O) groups is 2. The van der Waals surface area contributed by atoms with Crippen molar-refractivity contribution in [1.29, 1.82) is 0 Å². The highest BCUT2D eigenvalue weighted by Crippen LogP contribution is 2.47. The lowest BCUT2D eigenvalue weighted by Crippen LogP contribution is -2.52. The molecule has 1 aliphatic carbocycles. The van der Waals surface area contributed by atoms with Crippen molar-refractivity contribution in [2.24, 2.45) is 0 Å². The molecule has 0 unspecified atom stereocenters. The zero-order chi connectivity index (χ0) is 15.6. The molecule has 22 heavy (non-hydrogen) atoms. The van der Waals surface area contributed by atoms with E-state index in [1.165, 1.54) is 11.1 Å². The van der Waals surface area contributed by atoms with Crippen LogP contribution in [0, 0.1) is 6.92 Å². The molecule has 1 saturated heterocycles. The highest BCUT2D eigenvalue weighted by Gasteiger charge is 2.44. The molecule has 1 saturated carbocycles. The van der Waals surface area contributed by atoms with Crippen LogP contribution in [0.1, 0.15) is 24.0 Å². The predicted octanol–water partition coefficient (Wildman–Crippen LogP) is 1.51. The van der Waals surface area contributed by atoms with Crippen molar-refractivity contribution in [2.75, 3.05) is 32.7 Å². The van der Waals surface area contributed by atoms with E-state index in [1.54, 1.807) is 9.80 Å². The van der Waals surface area contributed by atoms with Crippen LogP contribution in [0.3, 0.4) is 0 Å². The first-order valence-electron chi connectivity index (χ1n) is 7.92. The Hall–Kier alpha value is -2.04. The minimum Gasteiger partial charge on any atom is -0.342 e. The molecule has 1 aliphatic heterocycles. The van der Waals surface area contributed by atoms with E-state index in [0.717, 1.165) is 19.3 Å². The maximum atomic E-state index is 12.3. The summed E-state index contributed by atoms with van der Waals surface area (Å²) in [6.07, 6.45) is 3.12. The van der Waals surface area contributed by atoms with Crippen molar-refractivity contribution < 1.29 is 9.59 Å². The van der Waals surface area contributed by atoms with Crippen LogP contribution in [-0.4, -0.2) is 55.0 Å². The van der Waals surface area contributed by atoms with Crippen LogP contribution < -0.4 is 5.32 Å². The Labute approximate surface area is 131 Å². The Bertz CT molecular complexity index is 544. The van der Waals surface area contributed by atoms with E-state index in [2.05, 4.69) is 36.5 Å². The van der Waals surface area contributed by atoms with Gasteiger partial charge in [-0.05, 0) is 25.3 Å². The van der Waals surface area contributed by atoms with Crippen LogP contribution in [0.5, 0.6) is 0 Å². The summed E-state index contributed by atoms with van der Waals surface area (Å²) in [5.74, 6) is 0. The average Bonchev–Trinajstić information content (AvgIpc) is 3.34. The summed E-state index contributed by atoms with van der Waals surface area (Å²) >= 11 is 0. The summed E-state index contributed by atoms with van der Waals surface area (Å²) in [6, 6.07) is 8.62. The van der Waals surface area contributed by atoms with Crippen LogP contribution in [-0.2, 0) is 10.2 Å². The Kier molecular flexibility index (Phi) is 4.05. The van der Waals surface area contributed by atoms with Crippen LogP contribution in [0.25, 0.3) is 0 Å². The van der Waals surface area contributed by atoms with Crippen molar-refractivity contribution in [3.8, 4) is 0 Å². The first-order chi connectivity index (χ1) is 10.6. The molecule has 0 atom stereocenters. The Morgan fingerprint density at radius 2 is 1.82 bits per heavy atom. The van der Waals surface area contributed by atoms with Gasteiger partial charge in [-0.25, -0.2) is 4.79 Å². The van der Waals surface area contributed by atoms with E-state index in [0.29, 0.717) is 32.7 Å². The van der Waals surface area contributed by atoms with Crippen LogP contribution >= 0.6 is 0 Å². The van der Waals surface area contributed by atoms with E-state index >= 15 is 0 Å². The van der Waals surface area contributed by atoms with Gasteiger partial charge in [-0.3, -0.25) is 4.79 Å². The Morgan fingerprint density at radius 3 is 2.36 bits per heavy atom. The lowest BCUT2D eigenvalue weighted by molar-refractivity contribution is -0.119. The van der Waals surface area contributed by atoms with E-state index in [9.17, 15) is 9.59 Å². The number of nitrogens with one attached hydrogen (secondary N) is 1. The van der Waals surface area contributed by atoms with E-state index in [1.807, 2.05) is 0 Å². The van der Waals surface area contributed by atoms with Gasteiger partial charge in [-0.1, -0.05) is 29.8 Å². The van der Waals surface area contributed by atoms with Gasteiger partial charge in [0.2, 0.25) is 6.41 Å². The van der Waals surface area contributed by atoms with Crippen LogP contribution in [0.4, 0.5) is 4.79 Å². The molecule has 3 rings (SSSR count). The molecular formula is C17H23N3O2. The Balaban J connectivity index is 1.53. The molecule has 5 nitrogen and oxygen atoms in total. The molecule has 0 aromatic heterocycles. The molecule has 0 bridgehead atoms. The topological polar surface area (TPSA) is 52.7 Å². The van der Waals surface area contributed by atoms with Gasteiger partial charge in [0.15, 0.2) is 0 Å². The largest absolute Gasteiger partial charge is 0.342 e. The van der Waals surface area contributed by atoms with Gasteiger partial charge in [0.25, 0.3) is 0 Å². The number of hydrogen-bond donors (Lipinski definition) is 1. The van der Waals surface area contributed by atoms with Gasteiger partial charge in [-0.15, -0.1) is 0 Å². The van der Waals surface area contributed by atoms with Crippen molar-refractivity contribution in [2.45, 2.75) is 25.2 Å². The average molecular weight is 301 g/mol. The van der Waals surface area contributed by atoms with Crippen LogP contribution in [0.2, 0.25) is 0 Å². The molecule has 1 aromatic rings. The van der Waals surface area contributed by atoms with Gasteiger partial charge in [0.1, 0.15) is 0 Å². The zero-order valence-corrected chi connectivity index (χ0v) is 13.0. The normalized spacial score (nSPS) is 19.7. The van der Waals surface area contributed by atoms with Gasteiger partial charge >= 0.3 is 6.03 Å². The number of benzene rings is 1. The monoisotopic (exact) mass is 301 g/mol. The third kappa shape index (κ3) is 3.08. The second kappa shape index (κ2) is 5.99. The summed E-state index contributed by atoms with van der Waals surface area (Å²) < 4.78 is 0. The molecule has 1 N–H and O–H groups in total. The van der Waals surface area contributed by atoms with Gasteiger partial charge in [0, 0.05) is 38.1 Å². The second-order valence-electron chi connectivity index (χ2n) is 6.43. The van der Waals surface area contributed by atoms with E-state index in [-0.39, 0.29) is 11.4 Å². The number of hydrogen-bond acceptors (Lipinski definition) is 2. The number of amides is 3. The SMILES string of the molecule is Cc1ccc(C2(CNC(=O)N3CCN(C=O)CC3)CC2)cc1. The number of carbonyl (C=O) groups excluding carboxylic acids is 2. The molecule has 5 heteroatoms. The zero-order valence-electron chi connectivity index (χ0n) is 13.0. The van der Waals surface area contributed by atoms with Gasteiger partial charge in [0.05, 0.1) is 0 Å². The fourth-order valence-electron chi connectivity index (χ4n) is 3.01. The lowest BCUT2D eigenvalue weighted by atomic mass is 9.95. The minimum absolute atomic E-state index is 0.0102. The number of urea groups is 1. The molecule has 0 radical (unpaired) electrons. The quantitative estimate of drug-likeness (QED) is 0.857. The molecule has 1 heterocycles. The highest BCUT2D eigenvalue weighted by atomic mass is 16.2. The molecule has 118 valence electrons. The van der Waals surface area contributed by atoms with Gasteiger partial charge in [-0.2, -0.15) is 0 Å². The first-order valence-corrected chi connectivity index (χ1v) is 7.92. The van der Waals surface area contributed by atoms with Crippen molar-refractivity contribution in [3.63, 3.8) is 0 Å². The minimum atomic E-state index is -0.0102. The number of aryl methyl sites for hydroxylation is 1. The number of rotatable bonds is 4. The molecule has 0 spiro atoms. The summed E-state index contributed by atoms with van der Waals surface area (Å²) in [5.41, 5.74) is 2.72. The van der Waals surface area contributed by atoms with E-state index < -0.39 is 0 Å².